The fourth-order valence-corrected chi connectivity index (χ4v) is 6.06. The lowest BCUT2D eigenvalue weighted by Crippen LogP contribution is -2.56. The molecule has 2 aliphatic rings. The van der Waals surface area contributed by atoms with Crippen LogP contribution in [-0.4, -0.2) is 74.0 Å². The Bertz CT molecular complexity index is 1200. The van der Waals surface area contributed by atoms with E-state index < -0.39 is 46.7 Å². The van der Waals surface area contributed by atoms with Crippen LogP contribution in [0.15, 0.2) is 29.7 Å². The zero-order valence-electron chi connectivity index (χ0n) is 19.3. The van der Waals surface area contributed by atoms with Crippen molar-refractivity contribution >= 4 is 16.0 Å². The van der Waals surface area contributed by atoms with E-state index >= 15 is 0 Å². The smallest absolute Gasteiger partial charge is 0.251 e. The molecule has 1 saturated carbocycles. The summed E-state index contributed by atoms with van der Waals surface area (Å²) in [4.78, 5) is 8.16. The van der Waals surface area contributed by atoms with Crippen molar-refractivity contribution in [1.82, 2.24) is 24.1 Å². The van der Waals surface area contributed by atoms with Crippen LogP contribution in [0.25, 0.3) is 0 Å². The summed E-state index contributed by atoms with van der Waals surface area (Å²) >= 11 is 0. The number of alkyl halides is 2. The Kier molecular flexibility index (Phi) is 6.80. The molecule has 0 bridgehead atoms. The number of aromatic nitrogens is 4. The number of nitrogens with one attached hydrogen (secondary N) is 1. The third-order valence-corrected chi connectivity index (χ3v) is 8.15. The maximum atomic E-state index is 13.9. The highest BCUT2D eigenvalue weighted by atomic mass is 32.2. The van der Waals surface area contributed by atoms with Crippen LogP contribution in [0.2, 0.25) is 0 Å². The number of aliphatic hydroxyl groups is 1. The molecule has 1 aliphatic heterocycles. The van der Waals surface area contributed by atoms with E-state index in [1.165, 1.54) is 40.7 Å². The fourth-order valence-electron chi connectivity index (χ4n) is 4.53. The van der Waals surface area contributed by atoms with Crippen LogP contribution in [-0.2, 0) is 21.8 Å². The molecule has 11 nitrogen and oxygen atoms in total. The molecule has 2 aromatic rings. The van der Waals surface area contributed by atoms with Gasteiger partial charge in [-0.3, -0.25) is 4.68 Å². The summed E-state index contributed by atoms with van der Waals surface area (Å²) < 4.78 is 63.3. The van der Waals surface area contributed by atoms with Gasteiger partial charge in [0.25, 0.3) is 5.92 Å². The van der Waals surface area contributed by atoms with E-state index in [1.54, 1.807) is 7.05 Å². The van der Waals surface area contributed by atoms with E-state index in [-0.39, 0.29) is 36.3 Å². The fraction of sp³-hybridized carbons (Fsp3) is 0.619. The number of rotatable bonds is 6. The molecule has 0 aromatic carbocycles. The second kappa shape index (κ2) is 9.38. The average Bonchev–Trinajstić information content (AvgIpc) is 3.23. The molecule has 190 valence electrons. The van der Waals surface area contributed by atoms with Crippen molar-refractivity contribution in [2.24, 2.45) is 7.05 Å². The quantitative estimate of drug-likeness (QED) is 0.591. The molecular formula is C21H27F2N7O4S. The normalized spacial score (nSPS) is 29.4. The van der Waals surface area contributed by atoms with Gasteiger partial charge in [-0.15, -0.1) is 0 Å². The highest BCUT2D eigenvalue weighted by Gasteiger charge is 2.50. The predicted molar refractivity (Wildman–Crippen MR) is 119 cm³/mol. The van der Waals surface area contributed by atoms with E-state index in [0.717, 1.165) is 0 Å². The van der Waals surface area contributed by atoms with E-state index in [1.807, 2.05) is 6.07 Å². The van der Waals surface area contributed by atoms with Gasteiger partial charge in [-0.2, -0.15) is 14.7 Å². The molecule has 4 rings (SSSR count). The van der Waals surface area contributed by atoms with Gasteiger partial charge in [0.05, 0.1) is 35.9 Å². The topological polar surface area (TPSA) is 146 Å². The Morgan fingerprint density at radius 2 is 2.00 bits per heavy atom. The van der Waals surface area contributed by atoms with Crippen LogP contribution in [0, 0.1) is 11.3 Å². The van der Waals surface area contributed by atoms with Gasteiger partial charge in [0.15, 0.2) is 0 Å². The molecule has 35 heavy (non-hydrogen) atoms. The first-order chi connectivity index (χ1) is 16.4. The molecule has 0 spiro atoms. The first-order valence-electron chi connectivity index (χ1n) is 11.1. The van der Waals surface area contributed by atoms with E-state index in [0.29, 0.717) is 12.0 Å². The molecule has 4 unspecified atom stereocenters. The van der Waals surface area contributed by atoms with Crippen molar-refractivity contribution in [2.45, 2.75) is 73.8 Å². The number of hydrogen-bond donors (Lipinski definition) is 2. The van der Waals surface area contributed by atoms with E-state index in [4.69, 9.17) is 10.00 Å². The summed E-state index contributed by atoms with van der Waals surface area (Å²) in [5.74, 6) is -2.75. The lowest BCUT2D eigenvalue weighted by atomic mass is 9.81. The molecule has 1 aliphatic carbocycles. The van der Waals surface area contributed by atoms with Crippen LogP contribution < -0.4 is 5.32 Å². The molecule has 1 saturated heterocycles. The zero-order chi connectivity index (χ0) is 25.4. The largest absolute Gasteiger partial charge is 0.387 e. The van der Waals surface area contributed by atoms with Crippen molar-refractivity contribution in [3.8, 4) is 6.07 Å². The Labute approximate surface area is 201 Å². The molecule has 4 atom stereocenters. The number of ether oxygens (including phenoxy) is 1. The zero-order valence-corrected chi connectivity index (χ0v) is 20.1. The minimum atomic E-state index is -4.01. The van der Waals surface area contributed by atoms with Crippen LogP contribution in [0.5, 0.6) is 0 Å². The highest BCUT2D eigenvalue weighted by Crippen LogP contribution is 2.42. The molecule has 14 heteroatoms. The molecule has 2 fully saturated rings. The first kappa shape index (κ1) is 25.4. The maximum Gasteiger partial charge on any atom is 0.251 e. The van der Waals surface area contributed by atoms with Crippen molar-refractivity contribution in [3.05, 3.63) is 30.4 Å². The average molecular weight is 512 g/mol. The Morgan fingerprint density at radius 1 is 1.29 bits per heavy atom. The summed E-state index contributed by atoms with van der Waals surface area (Å²) in [6.45, 7) is 1.36. The molecule has 2 N–H and O–H groups in total. The molecule has 0 amide bonds. The SMILES string of the molecule is Cn1cc(S(=O)(=O)N2CCC(Nc3ncc(C#N)cn3)CC2OC2CCC(F)(F)CC2(C)O)cn1. The van der Waals surface area contributed by atoms with E-state index in [2.05, 4.69) is 20.4 Å². The number of halogens is 2. The Balaban J connectivity index is 1.57. The lowest BCUT2D eigenvalue weighted by Gasteiger charge is -2.45. The number of sulfonamides is 1. The second-order valence-electron chi connectivity index (χ2n) is 9.25. The van der Waals surface area contributed by atoms with Gasteiger partial charge < -0.3 is 15.2 Å². The summed E-state index contributed by atoms with van der Waals surface area (Å²) in [5, 5.41) is 26.7. The van der Waals surface area contributed by atoms with Crippen molar-refractivity contribution in [2.75, 3.05) is 11.9 Å². The number of anilines is 1. The molecular weight excluding hydrogens is 484 g/mol. The third-order valence-electron chi connectivity index (χ3n) is 6.31. The predicted octanol–water partition coefficient (Wildman–Crippen LogP) is 1.63. The lowest BCUT2D eigenvalue weighted by molar-refractivity contribution is -0.215. The monoisotopic (exact) mass is 511 g/mol. The van der Waals surface area contributed by atoms with Gasteiger partial charge in [-0.25, -0.2) is 27.2 Å². The minimum Gasteiger partial charge on any atom is -0.387 e. The molecule has 2 aromatic heterocycles. The third kappa shape index (κ3) is 5.58. The van der Waals surface area contributed by atoms with Gasteiger partial charge in [0.1, 0.15) is 17.2 Å². The number of hydrogen-bond acceptors (Lipinski definition) is 9. The van der Waals surface area contributed by atoms with Gasteiger partial charge in [-0.05, 0) is 19.8 Å². The van der Waals surface area contributed by atoms with Gasteiger partial charge >= 0.3 is 0 Å². The summed E-state index contributed by atoms with van der Waals surface area (Å²) in [6.07, 6.45) is 2.52. The van der Waals surface area contributed by atoms with Crippen molar-refractivity contribution in [3.63, 3.8) is 0 Å². The van der Waals surface area contributed by atoms with Gasteiger partial charge in [0.2, 0.25) is 16.0 Å². The second-order valence-corrected chi connectivity index (χ2v) is 11.1. The number of nitrogens with zero attached hydrogens (tertiary/aromatic N) is 6. The van der Waals surface area contributed by atoms with Crippen molar-refractivity contribution in [1.29, 1.82) is 5.26 Å². The van der Waals surface area contributed by atoms with E-state index in [9.17, 15) is 22.3 Å². The summed E-state index contributed by atoms with van der Waals surface area (Å²) in [5.41, 5.74) is -1.53. The van der Waals surface area contributed by atoms with Crippen molar-refractivity contribution < 1.29 is 27.0 Å². The highest BCUT2D eigenvalue weighted by molar-refractivity contribution is 7.89. The first-order valence-corrected chi connectivity index (χ1v) is 12.6. The van der Waals surface area contributed by atoms with Crippen LogP contribution in [0.4, 0.5) is 14.7 Å². The number of aryl methyl sites for hydroxylation is 1. The summed E-state index contributed by atoms with van der Waals surface area (Å²) in [7, 11) is -2.41. The minimum absolute atomic E-state index is 0.0163. The summed E-state index contributed by atoms with van der Waals surface area (Å²) in [6, 6.07) is 1.63. The Morgan fingerprint density at radius 3 is 2.60 bits per heavy atom. The van der Waals surface area contributed by atoms with Gasteiger partial charge in [0, 0.05) is 45.1 Å². The Hall–Kier alpha value is -2.73. The molecule has 3 heterocycles. The maximum absolute atomic E-state index is 13.9. The van der Waals surface area contributed by atoms with Crippen LogP contribution in [0.1, 0.15) is 44.6 Å². The van der Waals surface area contributed by atoms with Crippen LogP contribution >= 0.6 is 0 Å². The number of nitriles is 1. The standard InChI is InChI=1S/C21H27F2N7O4S/c1-20(31)13-21(22,23)5-3-17(20)34-18-7-15(28-19-25-9-14(8-24)10-26-19)4-6-30(18)35(32,33)16-11-27-29(2)12-16/h9-12,15,17-18,31H,3-7,13H2,1-2H3,(H,25,26,28). The van der Waals surface area contributed by atoms with Crippen LogP contribution in [0.3, 0.4) is 0 Å². The molecule has 0 radical (unpaired) electrons. The number of piperidine rings is 1. The van der Waals surface area contributed by atoms with Gasteiger partial charge in [-0.1, -0.05) is 0 Å².